The van der Waals surface area contributed by atoms with Crippen molar-refractivity contribution in [1.82, 2.24) is 9.62 Å². The topological polar surface area (TPSA) is 58.6 Å². The van der Waals surface area contributed by atoms with Gasteiger partial charge in [-0.15, -0.1) is 11.3 Å². The van der Waals surface area contributed by atoms with E-state index in [9.17, 15) is 8.42 Å². The maximum absolute atomic E-state index is 12.5. The van der Waals surface area contributed by atoms with Crippen LogP contribution in [0.4, 0.5) is 0 Å². The van der Waals surface area contributed by atoms with Crippen molar-refractivity contribution >= 4 is 21.4 Å². The summed E-state index contributed by atoms with van der Waals surface area (Å²) in [6.45, 7) is 5.58. The number of benzene rings is 1. The van der Waals surface area contributed by atoms with Gasteiger partial charge in [0.15, 0.2) is 0 Å². The fraction of sp³-hybridized carbons (Fsp3) is 0.474. The first-order valence-corrected chi connectivity index (χ1v) is 11.2. The molecule has 1 aliphatic heterocycles. The van der Waals surface area contributed by atoms with E-state index in [4.69, 9.17) is 4.74 Å². The lowest BCUT2D eigenvalue weighted by molar-refractivity contribution is 0.170. The molecule has 0 radical (unpaired) electrons. The molecule has 1 N–H and O–H groups in total. The van der Waals surface area contributed by atoms with Crippen LogP contribution in [0.2, 0.25) is 0 Å². The Labute approximate surface area is 160 Å². The van der Waals surface area contributed by atoms with Crippen molar-refractivity contribution in [3.63, 3.8) is 0 Å². The number of rotatable bonds is 7. The first kappa shape index (κ1) is 19.4. The number of piperidine rings is 1. The number of sulfonamides is 1. The third kappa shape index (κ3) is 5.07. The molecule has 0 unspecified atom stereocenters. The van der Waals surface area contributed by atoms with Gasteiger partial charge in [-0.1, -0.05) is 0 Å². The number of ether oxygens (including phenoxy) is 1. The normalized spacial score (nSPS) is 18.8. The standard InChI is InChI=1S/C19H26N2O3S2/c1-15-5-8-18(25-15)14-21-11-3-4-16(13-21)12-20-26(22,23)19-9-6-17(24-2)7-10-19/h5-10,16,20H,3-4,11-14H2,1-2H3/t16-/m0/s1. The summed E-state index contributed by atoms with van der Waals surface area (Å²) in [5.74, 6) is 0.994. The summed E-state index contributed by atoms with van der Waals surface area (Å²) in [6, 6.07) is 10.8. The predicted molar refractivity (Wildman–Crippen MR) is 105 cm³/mol. The Balaban J connectivity index is 1.54. The average molecular weight is 395 g/mol. The summed E-state index contributed by atoms with van der Waals surface area (Å²) < 4.78 is 32.8. The van der Waals surface area contributed by atoms with Crippen molar-refractivity contribution in [2.24, 2.45) is 5.92 Å². The monoisotopic (exact) mass is 394 g/mol. The number of nitrogens with zero attached hydrogens (tertiary/aromatic N) is 1. The van der Waals surface area contributed by atoms with Crippen LogP contribution < -0.4 is 9.46 Å². The van der Waals surface area contributed by atoms with Crippen molar-refractivity contribution in [1.29, 1.82) is 0 Å². The van der Waals surface area contributed by atoms with Gasteiger partial charge in [0.25, 0.3) is 0 Å². The minimum absolute atomic E-state index is 0.278. The number of hydrogen-bond donors (Lipinski definition) is 1. The molecule has 1 atom stereocenters. The molecular formula is C19H26N2O3S2. The smallest absolute Gasteiger partial charge is 0.240 e. The zero-order chi connectivity index (χ0) is 18.6. The van der Waals surface area contributed by atoms with Crippen molar-refractivity contribution in [2.45, 2.75) is 31.2 Å². The number of nitrogens with one attached hydrogen (secondary N) is 1. The van der Waals surface area contributed by atoms with Crippen LogP contribution in [-0.2, 0) is 16.6 Å². The summed E-state index contributed by atoms with van der Waals surface area (Å²) in [6.07, 6.45) is 2.17. The highest BCUT2D eigenvalue weighted by molar-refractivity contribution is 7.89. The van der Waals surface area contributed by atoms with E-state index in [1.165, 1.54) is 9.75 Å². The minimum atomic E-state index is -3.48. The maximum atomic E-state index is 12.5. The number of hydrogen-bond acceptors (Lipinski definition) is 5. The quantitative estimate of drug-likeness (QED) is 0.783. The van der Waals surface area contributed by atoms with E-state index in [2.05, 4.69) is 28.7 Å². The third-order valence-corrected chi connectivity index (χ3v) is 7.14. The van der Waals surface area contributed by atoms with Gasteiger partial charge in [0.1, 0.15) is 5.75 Å². The molecule has 5 nitrogen and oxygen atoms in total. The van der Waals surface area contributed by atoms with Crippen LogP contribution in [0.3, 0.4) is 0 Å². The molecule has 1 aromatic heterocycles. The summed E-state index contributed by atoms with van der Waals surface area (Å²) in [5.41, 5.74) is 0. The van der Waals surface area contributed by atoms with Gasteiger partial charge in [0, 0.05) is 29.4 Å². The lowest BCUT2D eigenvalue weighted by atomic mass is 9.98. The van der Waals surface area contributed by atoms with Crippen LogP contribution in [-0.4, -0.2) is 40.1 Å². The second kappa shape index (κ2) is 8.52. The van der Waals surface area contributed by atoms with Gasteiger partial charge in [-0.2, -0.15) is 0 Å². The third-order valence-electron chi connectivity index (χ3n) is 4.71. The summed E-state index contributed by atoms with van der Waals surface area (Å²) in [5, 5.41) is 0. The van der Waals surface area contributed by atoms with Gasteiger partial charge in [-0.05, 0) is 68.6 Å². The summed E-state index contributed by atoms with van der Waals surface area (Å²) in [4.78, 5) is 5.42. The number of aryl methyl sites for hydroxylation is 1. The van der Waals surface area contributed by atoms with Gasteiger partial charge in [-0.25, -0.2) is 13.1 Å². The molecule has 1 fully saturated rings. The first-order valence-electron chi connectivity index (χ1n) is 8.87. The van der Waals surface area contributed by atoms with Crippen LogP contribution in [0.25, 0.3) is 0 Å². The van der Waals surface area contributed by atoms with Crippen LogP contribution in [0.15, 0.2) is 41.3 Å². The molecule has 1 aromatic carbocycles. The molecule has 0 saturated carbocycles. The van der Waals surface area contributed by atoms with E-state index in [0.717, 1.165) is 32.5 Å². The molecule has 1 saturated heterocycles. The van der Waals surface area contributed by atoms with Gasteiger partial charge in [-0.3, -0.25) is 4.90 Å². The molecule has 142 valence electrons. The van der Waals surface area contributed by atoms with Crippen LogP contribution in [0, 0.1) is 12.8 Å². The molecule has 7 heteroatoms. The SMILES string of the molecule is COc1ccc(S(=O)(=O)NC[C@@H]2CCCN(Cc3ccc(C)s3)C2)cc1. The van der Waals surface area contributed by atoms with E-state index >= 15 is 0 Å². The summed E-state index contributed by atoms with van der Waals surface area (Å²) in [7, 11) is -1.92. The van der Waals surface area contributed by atoms with E-state index in [-0.39, 0.29) is 4.90 Å². The lowest BCUT2D eigenvalue weighted by Gasteiger charge is -2.32. The van der Waals surface area contributed by atoms with Gasteiger partial charge < -0.3 is 4.74 Å². The lowest BCUT2D eigenvalue weighted by Crippen LogP contribution is -2.40. The van der Waals surface area contributed by atoms with Crippen molar-refractivity contribution < 1.29 is 13.2 Å². The fourth-order valence-electron chi connectivity index (χ4n) is 3.32. The summed E-state index contributed by atoms with van der Waals surface area (Å²) >= 11 is 1.84. The first-order chi connectivity index (χ1) is 12.5. The van der Waals surface area contributed by atoms with Crippen LogP contribution in [0.1, 0.15) is 22.6 Å². The Morgan fingerprint density at radius 2 is 2.00 bits per heavy atom. The number of likely N-dealkylation sites (tertiary alicyclic amines) is 1. The molecule has 0 bridgehead atoms. The van der Waals surface area contributed by atoms with Gasteiger partial charge >= 0.3 is 0 Å². The Bertz CT molecular complexity index is 816. The molecule has 2 aromatic rings. The van der Waals surface area contributed by atoms with Gasteiger partial charge in [0.05, 0.1) is 12.0 Å². The van der Waals surface area contributed by atoms with E-state index < -0.39 is 10.0 Å². The zero-order valence-corrected chi connectivity index (χ0v) is 16.9. The minimum Gasteiger partial charge on any atom is -0.497 e. The fourth-order valence-corrected chi connectivity index (χ4v) is 5.37. The van der Waals surface area contributed by atoms with Crippen molar-refractivity contribution in [3.05, 3.63) is 46.2 Å². The Kier molecular flexibility index (Phi) is 6.34. The van der Waals surface area contributed by atoms with Crippen molar-refractivity contribution in [3.8, 4) is 5.75 Å². The average Bonchev–Trinajstić information content (AvgIpc) is 3.05. The molecule has 0 aliphatic carbocycles. The molecule has 1 aliphatic rings. The Hall–Kier alpha value is -1.41. The highest BCUT2D eigenvalue weighted by Crippen LogP contribution is 2.22. The molecule has 26 heavy (non-hydrogen) atoms. The molecule has 2 heterocycles. The highest BCUT2D eigenvalue weighted by Gasteiger charge is 2.23. The number of thiophene rings is 1. The van der Waals surface area contributed by atoms with E-state index in [1.54, 1.807) is 31.4 Å². The maximum Gasteiger partial charge on any atom is 0.240 e. The second-order valence-electron chi connectivity index (χ2n) is 6.78. The number of methoxy groups -OCH3 is 1. The van der Waals surface area contributed by atoms with E-state index in [1.807, 2.05) is 11.3 Å². The largest absolute Gasteiger partial charge is 0.497 e. The second-order valence-corrected chi connectivity index (χ2v) is 9.92. The predicted octanol–water partition coefficient (Wildman–Crippen LogP) is 3.26. The van der Waals surface area contributed by atoms with Gasteiger partial charge in [0.2, 0.25) is 10.0 Å². The molecular weight excluding hydrogens is 368 g/mol. The Morgan fingerprint density at radius 3 is 2.65 bits per heavy atom. The molecule has 3 rings (SSSR count). The molecule has 0 spiro atoms. The molecule has 0 amide bonds. The zero-order valence-electron chi connectivity index (χ0n) is 15.3. The Morgan fingerprint density at radius 1 is 1.23 bits per heavy atom. The van der Waals surface area contributed by atoms with Crippen LogP contribution >= 0.6 is 11.3 Å². The van der Waals surface area contributed by atoms with E-state index in [0.29, 0.717) is 18.2 Å². The van der Waals surface area contributed by atoms with Crippen molar-refractivity contribution in [2.75, 3.05) is 26.7 Å². The van der Waals surface area contributed by atoms with Crippen LogP contribution in [0.5, 0.6) is 5.75 Å². The highest BCUT2D eigenvalue weighted by atomic mass is 32.2.